The van der Waals surface area contributed by atoms with E-state index in [1.807, 2.05) is 55.5 Å². The SMILES string of the molecule is CCOC(=O)C1=C(C)NC(=S)NC1c1cc(Br)ccc1OCc1ccccc1. The molecule has 7 heteroatoms. The molecule has 0 fully saturated rings. The van der Waals surface area contributed by atoms with Gasteiger partial charge in [-0.15, -0.1) is 0 Å². The Morgan fingerprint density at radius 2 is 1.96 bits per heavy atom. The fraction of sp³-hybridized carbons (Fsp3) is 0.238. The van der Waals surface area contributed by atoms with Crippen molar-refractivity contribution in [2.75, 3.05) is 6.61 Å². The zero-order valence-corrected chi connectivity index (χ0v) is 18.0. The van der Waals surface area contributed by atoms with Gasteiger partial charge >= 0.3 is 5.97 Å². The molecule has 5 nitrogen and oxygen atoms in total. The number of allylic oxidation sites excluding steroid dienone is 1. The maximum atomic E-state index is 12.6. The first kappa shape index (κ1) is 20.4. The van der Waals surface area contributed by atoms with Crippen LogP contribution in [0.2, 0.25) is 0 Å². The quantitative estimate of drug-likeness (QED) is 0.492. The van der Waals surface area contributed by atoms with Crippen LogP contribution in [0.5, 0.6) is 5.75 Å². The van der Waals surface area contributed by atoms with Crippen LogP contribution in [-0.4, -0.2) is 17.7 Å². The third-order valence-electron chi connectivity index (χ3n) is 4.28. The van der Waals surface area contributed by atoms with Crippen molar-refractivity contribution in [1.29, 1.82) is 0 Å². The van der Waals surface area contributed by atoms with Crippen LogP contribution in [0.4, 0.5) is 0 Å². The summed E-state index contributed by atoms with van der Waals surface area (Å²) in [4.78, 5) is 12.6. The van der Waals surface area contributed by atoms with Crippen molar-refractivity contribution in [3.05, 3.63) is 75.4 Å². The lowest BCUT2D eigenvalue weighted by Gasteiger charge is -2.31. The van der Waals surface area contributed by atoms with E-state index in [1.165, 1.54) is 0 Å². The minimum atomic E-state index is -0.476. The molecule has 0 bridgehead atoms. The van der Waals surface area contributed by atoms with E-state index >= 15 is 0 Å². The van der Waals surface area contributed by atoms with Gasteiger partial charge < -0.3 is 20.1 Å². The van der Waals surface area contributed by atoms with Gasteiger partial charge in [-0.25, -0.2) is 4.79 Å². The van der Waals surface area contributed by atoms with E-state index in [1.54, 1.807) is 6.92 Å². The first-order valence-corrected chi connectivity index (χ1v) is 10.1. The van der Waals surface area contributed by atoms with Gasteiger partial charge in [0.25, 0.3) is 0 Å². The Hall–Kier alpha value is -2.38. The Morgan fingerprint density at radius 1 is 1.21 bits per heavy atom. The predicted molar refractivity (Wildman–Crippen MR) is 116 cm³/mol. The second kappa shape index (κ2) is 9.21. The van der Waals surface area contributed by atoms with Gasteiger partial charge in [0.1, 0.15) is 12.4 Å². The molecule has 28 heavy (non-hydrogen) atoms. The van der Waals surface area contributed by atoms with Gasteiger partial charge in [0, 0.05) is 15.7 Å². The summed E-state index contributed by atoms with van der Waals surface area (Å²) in [5, 5.41) is 6.63. The molecule has 1 aliphatic heterocycles. The molecule has 3 rings (SSSR count). The number of hydrogen-bond donors (Lipinski definition) is 2. The van der Waals surface area contributed by atoms with Crippen molar-refractivity contribution in [2.24, 2.45) is 0 Å². The number of carbonyl (C=O) groups excluding carboxylic acids is 1. The third-order valence-corrected chi connectivity index (χ3v) is 5.00. The van der Waals surface area contributed by atoms with Crippen molar-refractivity contribution in [3.63, 3.8) is 0 Å². The molecular weight excluding hydrogens is 440 g/mol. The molecule has 0 aliphatic carbocycles. The summed E-state index contributed by atoms with van der Waals surface area (Å²) >= 11 is 8.83. The highest BCUT2D eigenvalue weighted by Gasteiger charge is 2.32. The molecule has 1 heterocycles. The van der Waals surface area contributed by atoms with Crippen molar-refractivity contribution in [1.82, 2.24) is 10.6 Å². The second-order valence-electron chi connectivity index (χ2n) is 6.25. The second-order valence-corrected chi connectivity index (χ2v) is 7.57. The monoisotopic (exact) mass is 460 g/mol. The number of esters is 1. The van der Waals surface area contributed by atoms with Crippen molar-refractivity contribution >= 4 is 39.2 Å². The van der Waals surface area contributed by atoms with Crippen molar-refractivity contribution in [2.45, 2.75) is 26.5 Å². The molecule has 0 radical (unpaired) electrons. The fourth-order valence-electron chi connectivity index (χ4n) is 3.02. The molecule has 0 spiro atoms. The van der Waals surface area contributed by atoms with Crippen LogP contribution in [0.3, 0.4) is 0 Å². The zero-order chi connectivity index (χ0) is 20.1. The summed E-state index contributed by atoms with van der Waals surface area (Å²) in [7, 11) is 0. The van der Waals surface area contributed by atoms with Gasteiger partial charge in [-0.1, -0.05) is 46.3 Å². The predicted octanol–water partition coefficient (Wildman–Crippen LogP) is 4.38. The first-order chi connectivity index (χ1) is 13.5. The highest BCUT2D eigenvalue weighted by Crippen LogP contribution is 2.35. The summed E-state index contributed by atoms with van der Waals surface area (Å²) in [6.45, 7) is 4.31. The molecule has 146 valence electrons. The number of rotatable bonds is 6. The molecule has 0 aromatic heterocycles. The number of benzene rings is 2. The minimum Gasteiger partial charge on any atom is -0.489 e. The van der Waals surface area contributed by atoms with Crippen LogP contribution in [0.15, 0.2) is 64.3 Å². The molecule has 0 amide bonds. The lowest BCUT2D eigenvalue weighted by molar-refractivity contribution is -0.139. The highest BCUT2D eigenvalue weighted by atomic mass is 79.9. The van der Waals surface area contributed by atoms with Gasteiger partial charge in [-0.05, 0) is 49.8 Å². The number of hydrogen-bond acceptors (Lipinski definition) is 4. The Morgan fingerprint density at radius 3 is 2.68 bits per heavy atom. The first-order valence-electron chi connectivity index (χ1n) is 8.91. The largest absolute Gasteiger partial charge is 0.489 e. The van der Waals surface area contributed by atoms with Crippen LogP contribution in [0.25, 0.3) is 0 Å². The molecule has 1 unspecified atom stereocenters. The topological polar surface area (TPSA) is 59.6 Å². The van der Waals surface area contributed by atoms with E-state index < -0.39 is 6.04 Å². The molecule has 2 aromatic rings. The number of halogens is 1. The van der Waals surface area contributed by atoms with Crippen molar-refractivity contribution < 1.29 is 14.3 Å². The Kier molecular flexibility index (Phi) is 6.70. The van der Waals surface area contributed by atoms with Crippen LogP contribution < -0.4 is 15.4 Å². The summed E-state index contributed by atoms with van der Waals surface area (Å²) in [6, 6.07) is 15.2. The van der Waals surface area contributed by atoms with E-state index in [0.29, 0.717) is 35.3 Å². The molecule has 2 aromatic carbocycles. The molecule has 0 saturated heterocycles. The van der Waals surface area contributed by atoms with Crippen LogP contribution >= 0.6 is 28.1 Å². The van der Waals surface area contributed by atoms with E-state index in [2.05, 4.69) is 26.6 Å². The van der Waals surface area contributed by atoms with Crippen LogP contribution in [0.1, 0.15) is 31.0 Å². The van der Waals surface area contributed by atoms with Gasteiger partial charge in [0.2, 0.25) is 0 Å². The molecule has 0 saturated carbocycles. The maximum Gasteiger partial charge on any atom is 0.338 e. The zero-order valence-electron chi connectivity index (χ0n) is 15.6. The number of ether oxygens (including phenoxy) is 2. The Bertz CT molecular complexity index is 915. The minimum absolute atomic E-state index is 0.294. The molecular formula is C21H21BrN2O3S. The van der Waals surface area contributed by atoms with Crippen LogP contribution in [0, 0.1) is 0 Å². The van der Waals surface area contributed by atoms with E-state index in [-0.39, 0.29) is 5.97 Å². The molecule has 2 N–H and O–H groups in total. The normalized spacial score (nSPS) is 16.2. The summed E-state index contributed by atoms with van der Waals surface area (Å²) in [5.41, 5.74) is 3.01. The van der Waals surface area contributed by atoms with Crippen molar-refractivity contribution in [3.8, 4) is 5.75 Å². The van der Waals surface area contributed by atoms with E-state index in [0.717, 1.165) is 15.6 Å². The Labute approximate surface area is 178 Å². The van der Waals surface area contributed by atoms with E-state index in [4.69, 9.17) is 21.7 Å². The number of carbonyl (C=O) groups is 1. The summed E-state index contributed by atoms with van der Waals surface area (Å²) in [5.74, 6) is 0.283. The fourth-order valence-corrected chi connectivity index (χ4v) is 3.67. The lowest BCUT2D eigenvalue weighted by atomic mass is 9.95. The summed E-state index contributed by atoms with van der Waals surface area (Å²) in [6.07, 6.45) is 0. The summed E-state index contributed by atoms with van der Waals surface area (Å²) < 4.78 is 12.2. The molecule has 1 atom stereocenters. The van der Waals surface area contributed by atoms with E-state index in [9.17, 15) is 4.79 Å². The highest BCUT2D eigenvalue weighted by molar-refractivity contribution is 9.10. The maximum absolute atomic E-state index is 12.6. The average molecular weight is 461 g/mol. The number of nitrogens with one attached hydrogen (secondary N) is 2. The number of thiocarbonyl (C=S) groups is 1. The van der Waals surface area contributed by atoms with Gasteiger partial charge in [0.15, 0.2) is 5.11 Å². The Balaban J connectivity index is 1.97. The molecule has 1 aliphatic rings. The smallest absolute Gasteiger partial charge is 0.338 e. The third kappa shape index (κ3) is 4.72. The van der Waals surface area contributed by atoms with Crippen LogP contribution in [-0.2, 0) is 16.1 Å². The van der Waals surface area contributed by atoms with Gasteiger partial charge in [0.05, 0.1) is 18.2 Å². The average Bonchev–Trinajstić information content (AvgIpc) is 2.67. The van der Waals surface area contributed by atoms with Gasteiger partial charge in [-0.2, -0.15) is 0 Å². The van der Waals surface area contributed by atoms with Gasteiger partial charge in [-0.3, -0.25) is 0 Å². The lowest BCUT2D eigenvalue weighted by Crippen LogP contribution is -2.45. The standard InChI is InChI=1S/C21H21BrN2O3S/c1-3-26-20(25)18-13(2)23-21(28)24-19(18)16-11-15(22)9-10-17(16)27-12-14-7-5-4-6-8-14/h4-11,19H,3,12H2,1-2H3,(H2,23,24,28).